The van der Waals surface area contributed by atoms with Crippen molar-refractivity contribution in [3.63, 3.8) is 0 Å². The van der Waals surface area contributed by atoms with Crippen LogP contribution < -0.4 is 0 Å². The van der Waals surface area contributed by atoms with Crippen LogP contribution in [0.4, 0.5) is 0 Å². The lowest BCUT2D eigenvalue weighted by molar-refractivity contribution is 0.767. The molecule has 0 aromatic carbocycles. The van der Waals surface area contributed by atoms with E-state index in [4.69, 9.17) is 0 Å². The van der Waals surface area contributed by atoms with Crippen LogP contribution in [0.3, 0.4) is 0 Å². The normalized spacial score (nSPS) is 40.5. The lowest BCUT2D eigenvalue weighted by atomic mass is 10.0. The Morgan fingerprint density at radius 2 is 2.18 bits per heavy atom. The molecular formula is C11H14. The number of hydrogen-bond donors (Lipinski definition) is 0. The van der Waals surface area contributed by atoms with Crippen molar-refractivity contribution in [1.29, 1.82) is 0 Å². The third kappa shape index (κ3) is 0.891. The molecule has 2 rings (SSSR count). The summed E-state index contributed by atoms with van der Waals surface area (Å²) in [5, 5.41) is 0. The fourth-order valence-corrected chi connectivity index (χ4v) is 1.89. The van der Waals surface area contributed by atoms with E-state index in [0.717, 1.165) is 5.92 Å². The van der Waals surface area contributed by atoms with Crippen LogP contribution >= 0.6 is 0 Å². The van der Waals surface area contributed by atoms with Crippen molar-refractivity contribution < 1.29 is 0 Å². The fraction of sp³-hybridized carbons (Fsp3) is 0.455. The van der Waals surface area contributed by atoms with Crippen LogP contribution in [-0.4, -0.2) is 0 Å². The predicted molar refractivity (Wildman–Crippen MR) is 48.3 cm³/mol. The van der Waals surface area contributed by atoms with Crippen molar-refractivity contribution in [3.8, 4) is 0 Å². The highest BCUT2D eigenvalue weighted by Gasteiger charge is 2.70. The Labute approximate surface area is 68.3 Å². The molecule has 0 unspecified atom stereocenters. The van der Waals surface area contributed by atoms with Gasteiger partial charge in [0, 0.05) is 0 Å². The minimum atomic E-state index is 0.661. The maximum absolute atomic E-state index is 3.67. The second-order valence-corrected chi connectivity index (χ2v) is 3.60. The fourth-order valence-electron chi connectivity index (χ4n) is 1.89. The molecule has 2 aliphatic carbocycles. The van der Waals surface area contributed by atoms with Gasteiger partial charge in [0.2, 0.25) is 0 Å². The van der Waals surface area contributed by atoms with Gasteiger partial charge in [0.05, 0.1) is 0 Å². The van der Waals surface area contributed by atoms with E-state index in [2.05, 4.69) is 25.7 Å². The van der Waals surface area contributed by atoms with Crippen LogP contribution in [0.25, 0.3) is 0 Å². The second-order valence-electron chi connectivity index (χ2n) is 3.60. The molecule has 0 heterocycles. The van der Waals surface area contributed by atoms with Gasteiger partial charge in [0.25, 0.3) is 0 Å². The van der Waals surface area contributed by atoms with E-state index < -0.39 is 0 Å². The smallest absolute Gasteiger partial charge is 0.00155 e. The molecule has 0 heteroatoms. The molecular weight excluding hydrogens is 132 g/mol. The molecule has 0 spiro atoms. The van der Waals surface area contributed by atoms with E-state index in [-0.39, 0.29) is 0 Å². The molecule has 2 fully saturated rings. The van der Waals surface area contributed by atoms with Crippen molar-refractivity contribution in [2.24, 2.45) is 11.3 Å². The Balaban J connectivity index is 2.08. The Bertz CT molecular complexity index is 237. The van der Waals surface area contributed by atoms with Crippen molar-refractivity contribution in [3.05, 3.63) is 36.5 Å². The molecule has 0 nitrogen and oxygen atoms in total. The molecule has 2 aliphatic rings. The van der Waals surface area contributed by atoms with Gasteiger partial charge in [-0.3, -0.25) is 0 Å². The highest BCUT2D eigenvalue weighted by atomic mass is 14.7. The van der Waals surface area contributed by atoms with Gasteiger partial charge in [-0.25, -0.2) is 0 Å². The number of hydrogen-bond acceptors (Lipinski definition) is 0. The van der Waals surface area contributed by atoms with Crippen molar-refractivity contribution in [2.75, 3.05) is 0 Å². The average Bonchev–Trinajstić information content (AvgIpc) is 2.77. The molecule has 11 heavy (non-hydrogen) atoms. The van der Waals surface area contributed by atoms with E-state index in [1.54, 1.807) is 0 Å². The van der Waals surface area contributed by atoms with Crippen LogP contribution in [0, 0.1) is 11.3 Å². The first kappa shape index (κ1) is 6.90. The van der Waals surface area contributed by atoms with Crippen LogP contribution in [0.2, 0.25) is 0 Å². The molecule has 0 atom stereocenters. The van der Waals surface area contributed by atoms with Crippen molar-refractivity contribution >= 4 is 0 Å². The number of fused-ring (bicyclic) bond motifs is 1. The zero-order valence-electron chi connectivity index (χ0n) is 7.01. The Kier molecular flexibility index (Phi) is 1.32. The van der Waals surface area contributed by atoms with Crippen LogP contribution in [0.1, 0.15) is 19.8 Å². The Morgan fingerprint density at radius 3 is 2.55 bits per heavy atom. The lowest BCUT2D eigenvalue weighted by Gasteiger charge is -2.02. The first-order valence-electron chi connectivity index (χ1n) is 4.29. The molecule has 0 aliphatic heterocycles. The molecule has 2 saturated carbocycles. The minimum absolute atomic E-state index is 0.661. The summed E-state index contributed by atoms with van der Waals surface area (Å²) in [4.78, 5) is 0. The van der Waals surface area contributed by atoms with Crippen molar-refractivity contribution in [1.82, 2.24) is 0 Å². The maximum Gasteiger partial charge on any atom is -0.00155 e. The molecule has 0 bridgehead atoms. The summed E-state index contributed by atoms with van der Waals surface area (Å²) in [6.45, 7) is 5.80. The standard InChI is InChI=1S/C11H14/c1-3-5-6-9(4-2)11-7-10(11)8-11/h3-6,10H,1,7-8H2,2H3/b6-5-,9-4+. The zero-order chi connectivity index (χ0) is 7.90. The Hall–Kier alpha value is -0.780. The molecule has 58 valence electrons. The quantitative estimate of drug-likeness (QED) is 0.537. The first-order chi connectivity index (χ1) is 5.33. The van der Waals surface area contributed by atoms with E-state index in [1.165, 1.54) is 18.4 Å². The first-order valence-corrected chi connectivity index (χ1v) is 4.29. The third-order valence-corrected chi connectivity index (χ3v) is 2.98. The van der Waals surface area contributed by atoms with E-state index >= 15 is 0 Å². The maximum atomic E-state index is 3.67. The number of rotatable bonds is 3. The predicted octanol–water partition coefficient (Wildman–Crippen LogP) is 3.08. The summed E-state index contributed by atoms with van der Waals surface area (Å²) in [5.74, 6) is 1.04. The third-order valence-electron chi connectivity index (χ3n) is 2.98. The van der Waals surface area contributed by atoms with E-state index in [0.29, 0.717) is 5.41 Å². The SMILES string of the molecule is C=C/C=C\C(=C/C)C12CC1C2. The van der Waals surface area contributed by atoms with Gasteiger partial charge in [0.1, 0.15) is 0 Å². The van der Waals surface area contributed by atoms with E-state index in [1.807, 2.05) is 12.2 Å². The second kappa shape index (κ2) is 2.10. The molecule has 0 aromatic heterocycles. The molecule has 0 radical (unpaired) electrons. The minimum Gasteiger partial charge on any atom is -0.0991 e. The summed E-state index contributed by atoms with van der Waals surface area (Å²) in [7, 11) is 0. The van der Waals surface area contributed by atoms with Gasteiger partial charge in [-0.1, -0.05) is 30.9 Å². The van der Waals surface area contributed by atoms with Gasteiger partial charge in [-0.2, -0.15) is 0 Å². The molecule has 0 saturated heterocycles. The molecule has 0 N–H and O–H groups in total. The highest BCUT2D eigenvalue weighted by molar-refractivity contribution is 5.43. The van der Waals surface area contributed by atoms with Crippen LogP contribution in [0.5, 0.6) is 0 Å². The largest absolute Gasteiger partial charge is 0.0991 e. The summed E-state index contributed by atoms with van der Waals surface area (Å²) in [6, 6.07) is 0. The van der Waals surface area contributed by atoms with Crippen molar-refractivity contribution in [2.45, 2.75) is 19.8 Å². The average molecular weight is 146 g/mol. The van der Waals surface area contributed by atoms with Gasteiger partial charge in [-0.15, -0.1) is 0 Å². The lowest BCUT2D eigenvalue weighted by Crippen LogP contribution is -1.88. The van der Waals surface area contributed by atoms with Crippen LogP contribution in [0.15, 0.2) is 36.5 Å². The van der Waals surface area contributed by atoms with Gasteiger partial charge in [-0.05, 0) is 36.7 Å². The van der Waals surface area contributed by atoms with Gasteiger partial charge < -0.3 is 0 Å². The Morgan fingerprint density at radius 1 is 1.55 bits per heavy atom. The summed E-state index contributed by atoms with van der Waals surface area (Å²) < 4.78 is 0. The highest BCUT2D eigenvalue weighted by Crippen LogP contribution is 2.79. The summed E-state index contributed by atoms with van der Waals surface area (Å²) in [6.07, 6.45) is 11.2. The number of allylic oxidation sites excluding steroid dienone is 5. The summed E-state index contributed by atoms with van der Waals surface area (Å²) >= 11 is 0. The van der Waals surface area contributed by atoms with E-state index in [9.17, 15) is 0 Å². The van der Waals surface area contributed by atoms with Crippen LogP contribution in [-0.2, 0) is 0 Å². The molecule has 0 aromatic rings. The summed E-state index contributed by atoms with van der Waals surface area (Å²) in [5.41, 5.74) is 2.19. The topological polar surface area (TPSA) is 0 Å². The zero-order valence-corrected chi connectivity index (χ0v) is 7.01. The van der Waals surface area contributed by atoms with Gasteiger partial charge in [0.15, 0.2) is 0 Å². The van der Waals surface area contributed by atoms with Gasteiger partial charge >= 0.3 is 0 Å². The monoisotopic (exact) mass is 146 g/mol. The molecule has 0 amide bonds.